The molecule has 0 saturated heterocycles. The van der Waals surface area contributed by atoms with Gasteiger partial charge >= 0.3 is 0 Å². The van der Waals surface area contributed by atoms with Gasteiger partial charge in [-0.2, -0.15) is 0 Å². The minimum Gasteiger partial charge on any atom is -0.325 e. The lowest BCUT2D eigenvalue weighted by Gasteiger charge is -2.77. The zero-order valence-corrected chi connectivity index (χ0v) is 22.9. The second-order valence-electron chi connectivity index (χ2n) is 15.5. The molecule has 0 heterocycles. The van der Waals surface area contributed by atoms with Gasteiger partial charge in [-0.1, -0.05) is 24.3 Å². The number of nitrogens with two attached hydrogens (primary N) is 2. The SMILES string of the molecule is NC12CC3CC(c4ccc([N+](=O)[O-])cc4)(C1)CC(C14CC5CC(N)(CC(c6ccc([N+](=O)[O-])cc6)(C5)C1)C4)(C3)C2. The molecular formula is C32H38N4O4. The van der Waals surface area contributed by atoms with Crippen LogP contribution in [-0.4, -0.2) is 20.9 Å². The van der Waals surface area contributed by atoms with Crippen LogP contribution in [0.15, 0.2) is 48.5 Å². The van der Waals surface area contributed by atoms with Gasteiger partial charge in [0, 0.05) is 35.3 Å². The van der Waals surface area contributed by atoms with Gasteiger partial charge in [0.05, 0.1) is 9.85 Å². The van der Waals surface area contributed by atoms with Crippen LogP contribution >= 0.6 is 0 Å². The van der Waals surface area contributed by atoms with Crippen molar-refractivity contribution in [3.05, 3.63) is 79.9 Å². The van der Waals surface area contributed by atoms with E-state index in [0.717, 1.165) is 64.2 Å². The molecule has 8 heteroatoms. The highest BCUT2D eigenvalue weighted by Crippen LogP contribution is 2.79. The molecule has 4 N–H and O–H groups in total. The van der Waals surface area contributed by atoms with Crippen molar-refractivity contribution < 1.29 is 9.85 Å². The van der Waals surface area contributed by atoms with Crippen molar-refractivity contribution >= 4 is 11.4 Å². The van der Waals surface area contributed by atoms with Crippen LogP contribution in [0.1, 0.15) is 88.2 Å². The van der Waals surface area contributed by atoms with Crippen LogP contribution in [0.25, 0.3) is 0 Å². The van der Waals surface area contributed by atoms with E-state index >= 15 is 0 Å². The van der Waals surface area contributed by atoms with Crippen LogP contribution in [0.5, 0.6) is 0 Å². The molecule has 0 aromatic heterocycles. The maximum Gasteiger partial charge on any atom is 0.269 e. The standard InChI is InChI=1S/C32H38N4O4/c33-31-13-21-9-27(17-31,23-1-5-25(6-2-23)35(37)38)15-29(11-21,19-31)30-12-22-10-28(16-30,18-32(34,14-22)20-30)24-3-7-26(8-4-24)36(39)40/h1-8,21-22H,9-20,33-34H2. The fourth-order valence-corrected chi connectivity index (χ4v) is 12.7. The van der Waals surface area contributed by atoms with Crippen molar-refractivity contribution in [2.75, 3.05) is 0 Å². The first kappa shape index (κ1) is 24.9. The highest BCUT2D eigenvalue weighted by atomic mass is 16.6. The molecule has 8 aliphatic carbocycles. The van der Waals surface area contributed by atoms with Crippen molar-refractivity contribution in [3.8, 4) is 0 Å². The van der Waals surface area contributed by atoms with Gasteiger partial charge in [0.2, 0.25) is 0 Å². The third-order valence-corrected chi connectivity index (χ3v) is 12.7. The predicted octanol–water partition coefficient (Wildman–Crippen LogP) is 6.04. The van der Waals surface area contributed by atoms with Gasteiger partial charge < -0.3 is 11.5 Å². The maximum atomic E-state index is 11.4. The number of non-ortho nitro benzene ring substituents is 2. The molecule has 8 atom stereocenters. The third-order valence-electron chi connectivity index (χ3n) is 12.7. The van der Waals surface area contributed by atoms with E-state index in [2.05, 4.69) is 0 Å². The lowest BCUT2D eigenvalue weighted by Crippen LogP contribution is -2.74. The molecule has 2 aromatic rings. The maximum absolute atomic E-state index is 11.4. The molecule has 10 rings (SSSR count). The van der Waals surface area contributed by atoms with E-state index in [9.17, 15) is 20.2 Å². The normalized spacial score (nSPS) is 46.0. The molecule has 8 unspecified atom stereocenters. The average molecular weight is 543 g/mol. The van der Waals surface area contributed by atoms with Gasteiger partial charge in [0.1, 0.15) is 0 Å². The van der Waals surface area contributed by atoms with Crippen molar-refractivity contribution in [3.63, 3.8) is 0 Å². The smallest absolute Gasteiger partial charge is 0.269 e. The molecule has 0 aliphatic heterocycles. The summed E-state index contributed by atoms with van der Waals surface area (Å²) in [5.74, 6) is 1.13. The molecule has 8 nitrogen and oxygen atoms in total. The Labute approximate surface area is 234 Å². The largest absolute Gasteiger partial charge is 0.325 e. The number of hydrogen-bond acceptors (Lipinski definition) is 6. The van der Waals surface area contributed by atoms with Gasteiger partial charge in [-0.15, -0.1) is 0 Å². The quantitative estimate of drug-likeness (QED) is 0.349. The zero-order chi connectivity index (χ0) is 27.8. The second kappa shape index (κ2) is 7.51. The zero-order valence-electron chi connectivity index (χ0n) is 22.9. The molecule has 0 amide bonds. The number of rotatable bonds is 5. The van der Waals surface area contributed by atoms with Crippen molar-refractivity contribution in [2.45, 2.75) is 99.0 Å². The molecule has 8 bridgehead atoms. The van der Waals surface area contributed by atoms with Crippen molar-refractivity contribution in [1.82, 2.24) is 0 Å². The second-order valence-corrected chi connectivity index (χ2v) is 15.5. The van der Waals surface area contributed by atoms with Gasteiger partial charge in [0.15, 0.2) is 0 Å². The summed E-state index contributed by atoms with van der Waals surface area (Å²) in [7, 11) is 0. The Hall–Kier alpha value is -2.84. The molecular weight excluding hydrogens is 504 g/mol. The van der Waals surface area contributed by atoms with Crippen LogP contribution in [0.3, 0.4) is 0 Å². The number of hydrogen-bond donors (Lipinski definition) is 2. The minimum atomic E-state index is -0.316. The van der Waals surface area contributed by atoms with E-state index in [4.69, 9.17) is 11.5 Å². The topological polar surface area (TPSA) is 138 Å². The van der Waals surface area contributed by atoms with E-state index in [1.54, 1.807) is 24.3 Å². The third kappa shape index (κ3) is 3.26. The highest BCUT2D eigenvalue weighted by molar-refractivity contribution is 5.43. The molecule has 2 aromatic carbocycles. The first-order chi connectivity index (χ1) is 18.9. The summed E-state index contributed by atoms with van der Waals surface area (Å²) in [5.41, 5.74) is 17.1. The lowest BCUT2D eigenvalue weighted by molar-refractivity contribution is -0.385. The molecule has 210 valence electrons. The summed E-state index contributed by atoms with van der Waals surface area (Å²) in [5, 5.41) is 22.8. The molecule has 8 saturated carbocycles. The summed E-state index contributed by atoms with van der Waals surface area (Å²) in [6.07, 6.45) is 13.0. The van der Waals surface area contributed by atoms with Gasteiger partial charge in [-0.25, -0.2) is 0 Å². The van der Waals surface area contributed by atoms with Gasteiger partial charge in [-0.3, -0.25) is 20.2 Å². The summed E-state index contributed by atoms with van der Waals surface area (Å²) >= 11 is 0. The van der Waals surface area contributed by atoms with Crippen molar-refractivity contribution in [2.24, 2.45) is 34.1 Å². The predicted molar refractivity (Wildman–Crippen MR) is 151 cm³/mol. The van der Waals surface area contributed by atoms with E-state index in [0.29, 0.717) is 11.8 Å². The first-order valence-corrected chi connectivity index (χ1v) is 15.0. The van der Waals surface area contributed by atoms with Crippen LogP contribution in [-0.2, 0) is 10.8 Å². The van der Waals surface area contributed by atoms with Gasteiger partial charge in [-0.05, 0) is 122 Å². The number of nitrogens with zero attached hydrogens (tertiary/aromatic N) is 2. The van der Waals surface area contributed by atoms with E-state index in [-0.39, 0.29) is 54.0 Å². The minimum absolute atomic E-state index is 0.0467. The first-order valence-electron chi connectivity index (χ1n) is 15.0. The van der Waals surface area contributed by atoms with E-state index < -0.39 is 0 Å². The monoisotopic (exact) mass is 542 g/mol. The van der Waals surface area contributed by atoms with Crippen LogP contribution in [0.4, 0.5) is 11.4 Å². The van der Waals surface area contributed by atoms with E-state index in [1.165, 1.54) is 24.0 Å². The van der Waals surface area contributed by atoms with E-state index in [1.807, 2.05) is 24.3 Å². The molecule has 40 heavy (non-hydrogen) atoms. The average Bonchev–Trinajstić information content (AvgIpc) is 2.86. The highest BCUT2D eigenvalue weighted by Gasteiger charge is 2.73. The Morgan fingerprint density at radius 1 is 0.550 bits per heavy atom. The fourth-order valence-electron chi connectivity index (χ4n) is 12.7. The fraction of sp³-hybridized carbons (Fsp3) is 0.625. The Kier molecular flexibility index (Phi) is 4.68. The molecule has 8 aliphatic rings. The summed E-state index contributed by atoms with van der Waals surface area (Å²) in [6.45, 7) is 0. The van der Waals surface area contributed by atoms with Gasteiger partial charge in [0.25, 0.3) is 11.4 Å². The number of benzene rings is 2. The lowest BCUT2D eigenvalue weighted by atomic mass is 9.29. The van der Waals surface area contributed by atoms with Crippen LogP contribution in [0.2, 0.25) is 0 Å². The summed E-state index contributed by atoms with van der Waals surface area (Å²) < 4.78 is 0. The number of nitro benzene ring substituents is 2. The molecule has 0 spiro atoms. The van der Waals surface area contributed by atoms with Crippen LogP contribution < -0.4 is 11.5 Å². The summed E-state index contributed by atoms with van der Waals surface area (Å²) in [6, 6.07) is 14.7. The molecule has 8 fully saturated rings. The summed E-state index contributed by atoms with van der Waals surface area (Å²) in [4.78, 5) is 22.2. The van der Waals surface area contributed by atoms with Crippen molar-refractivity contribution in [1.29, 1.82) is 0 Å². The van der Waals surface area contributed by atoms with Crippen LogP contribution in [0, 0.1) is 42.9 Å². The Bertz CT molecular complexity index is 1340. The Morgan fingerprint density at radius 3 is 1.25 bits per heavy atom. The Balaban J connectivity index is 1.23. The number of nitro groups is 2. The Morgan fingerprint density at radius 2 is 0.925 bits per heavy atom. The molecule has 0 radical (unpaired) electrons.